The van der Waals surface area contributed by atoms with Crippen molar-refractivity contribution in [1.29, 1.82) is 0 Å². The van der Waals surface area contributed by atoms with Crippen LogP contribution >= 0.6 is 0 Å². The lowest BCUT2D eigenvalue weighted by atomic mass is 9.96. The van der Waals surface area contributed by atoms with Gasteiger partial charge >= 0.3 is 6.09 Å². The van der Waals surface area contributed by atoms with Crippen LogP contribution in [-0.2, 0) is 4.74 Å². The number of ether oxygens (including phenoxy) is 2. The quantitative estimate of drug-likeness (QED) is 0.908. The van der Waals surface area contributed by atoms with Gasteiger partial charge in [-0.3, -0.25) is 5.32 Å². The van der Waals surface area contributed by atoms with Gasteiger partial charge in [-0.2, -0.15) is 0 Å². The molecule has 1 aliphatic carbocycles. The standard InChI is InChI=1S/C15H19F2NO3/c1-15(2,3)21-14(19)18-12-8-10(7-11(16)13(12)17)20-9-5-4-6-9/h7-9H,4-6H2,1-3H3,(H,18,19). The van der Waals surface area contributed by atoms with Crippen LogP contribution in [0.15, 0.2) is 12.1 Å². The summed E-state index contributed by atoms with van der Waals surface area (Å²) in [6.45, 7) is 5.04. The van der Waals surface area contributed by atoms with E-state index in [1.54, 1.807) is 20.8 Å². The molecule has 6 heteroatoms. The number of carbonyl (C=O) groups is 1. The molecule has 21 heavy (non-hydrogen) atoms. The Bertz CT molecular complexity index is 536. The second-order valence-electron chi connectivity index (χ2n) is 6.06. The summed E-state index contributed by atoms with van der Waals surface area (Å²) in [5, 5.41) is 2.20. The Morgan fingerprint density at radius 1 is 1.29 bits per heavy atom. The summed E-state index contributed by atoms with van der Waals surface area (Å²) in [5.74, 6) is -2.01. The molecule has 0 aromatic heterocycles. The minimum Gasteiger partial charge on any atom is -0.490 e. The molecule has 0 aliphatic heterocycles. The van der Waals surface area contributed by atoms with Gasteiger partial charge < -0.3 is 9.47 Å². The van der Waals surface area contributed by atoms with E-state index in [2.05, 4.69) is 5.32 Å². The fourth-order valence-corrected chi connectivity index (χ4v) is 1.82. The highest BCUT2D eigenvalue weighted by atomic mass is 19.2. The first-order chi connectivity index (χ1) is 9.74. The van der Waals surface area contributed by atoms with Crippen LogP contribution in [0.25, 0.3) is 0 Å². The van der Waals surface area contributed by atoms with Gasteiger partial charge in [-0.1, -0.05) is 0 Å². The molecule has 1 aliphatic rings. The Labute approximate surface area is 122 Å². The summed E-state index contributed by atoms with van der Waals surface area (Å²) in [7, 11) is 0. The van der Waals surface area contributed by atoms with Gasteiger partial charge in [0.2, 0.25) is 0 Å². The van der Waals surface area contributed by atoms with E-state index in [4.69, 9.17) is 9.47 Å². The topological polar surface area (TPSA) is 47.6 Å². The molecule has 4 nitrogen and oxygen atoms in total. The molecule has 1 aromatic rings. The summed E-state index contributed by atoms with van der Waals surface area (Å²) < 4.78 is 37.8. The Balaban J connectivity index is 2.11. The van der Waals surface area contributed by atoms with Crippen molar-refractivity contribution in [2.45, 2.75) is 51.7 Å². The molecule has 1 fully saturated rings. The molecule has 0 radical (unpaired) electrons. The molecule has 0 saturated heterocycles. The zero-order chi connectivity index (χ0) is 15.6. The van der Waals surface area contributed by atoms with Crippen LogP contribution in [0.4, 0.5) is 19.3 Å². The van der Waals surface area contributed by atoms with Gasteiger partial charge in [-0.25, -0.2) is 13.6 Å². The van der Waals surface area contributed by atoms with E-state index < -0.39 is 23.3 Å². The van der Waals surface area contributed by atoms with E-state index >= 15 is 0 Å². The van der Waals surface area contributed by atoms with E-state index in [0.29, 0.717) is 0 Å². The second-order valence-corrected chi connectivity index (χ2v) is 6.06. The highest BCUT2D eigenvalue weighted by Gasteiger charge is 2.22. The van der Waals surface area contributed by atoms with Gasteiger partial charge in [0.05, 0.1) is 11.8 Å². The second kappa shape index (κ2) is 5.87. The third kappa shape index (κ3) is 4.31. The lowest BCUT2D eigenvalue weighted by Gasteiger charge is -2.26. The number of anilines is 1. The molecule has 116 valence electrons. The molecule has 0 unspecified atom stereocenters. The van der Waals surface area contributed by atoms with E-state index in [9.17, 15) is 13.6 Å². The number of halogens is 2. The Morgan fingerprint density at radius 3 is 2.48 bits per heavy atom. The molecule has 0 spiro atoms. The fraction of sp³-hybridized carbons (Fsp3) is 0.533. The highest BCUT2D eigenvalue weighted by Crippen LogP contribution is 2.30. The molecule has 0 atom stereocenters. The van der Waals surface area contributed by atoms with Gasteiger partial charge in [0.25, 0.3) is 0 Å². The van der Waals surface area contributed by atoms with Crippen molar-refractivity contribution in [3.05, 3.63) is 23.8 Å². The summed E-state index contributed by atoms with van der Waals surface area (Å²) in [4.78, 5) is 11.6. The largest absolute Gasteiger partial charge is 0.490 e. The molecule has 1 amide bonds. The lowest BCUT2D eigenvalue weighted by molar-refractivity contribution is 0.0635. The van der Waals surface area contributed by atoms with E-state index in [1.807, 2.05) is 0 Å². The average molecular weight is 299 g/mol. The monoisotopic (exact) mass is 299 g/mol. The normalized spacial score (nSPS) is 15.3. The fourth-order valence-electron chi connectivity index (χ4n) is 1.82. The summed E-state index contributed by atoms with van der Waals surface area (Å²) in [6.07, 6.45) is 2.05. The van der Waals surface area contributed by atoms with Crippen molar-refractivity contribution in [3.63, 3.8) is 0 Å². The van der Waals surface area contributed by atoms with Crippen molar-refractivity contribution in [3.8, 4) is 5.75 Å². The van der Waals surface area contributed by atoms with E-state index in [1.165, 1.54) is 6.07 Å². The smallest absolute Gasteiger partial charge is 0.412 e. The Kier molecular flexibility index (Phi) is 4.34. The summed E-state index contributed by atoms with van der Waals surface area (Å²) in [5.41, 5.74) is -1.02. The zero-order valence-electron chi connectivity index (χ0n) is 12.3. The summed E-state index contributed by atoms with van der Waals surface area (Å²) in [6, 6.07) is 2.24. The van der Waals surface area contributed by atoms with E-state index in [0.717, 1.165) is 25.3 Å². The molecule has 0 bridgehead atoms. The molecule has 2 rings (SSSR count). The molecular formula is C15H19F2NO3. The molecule has 0 heterocycles. The zero-order valence-corrected chi connectivity index (χ0v) is 12.3. The number of carbonyl (C=O) groups excluding carboxylic acids is 1. The maximum absolute atomic E-state index is 13.7. The molecule has 1 aromatic carbocycles. The number of hydrogen-bond acceptors (Lipinski definition) is 3. The van der Waals surface area contributed by atoms with Crippen LogP contribution in [0, 0.1) is 11.6 Å². The minimum absolute atomic E-state index is 0.0317. The van der Waals surface area contributed by atoms with Crippen molar-refractivity contribution in [2.75, 3.05) is 5.32 Å². The SMILES string of the molecule is CC(C)(C)OC(=O)Nc1cc(OC2CCC2)cc(F)c1F. The average Bonchev–Trinajstić information content (AvgIpc) is 2.27. The predicted octanol–water partition coefficient (Wildman–Crippen LogP) is 4.24. The van der Waals surface area contributed by atoms with Crippen LogP contribution in [0.1, 0.15) is 40.0 Å². The lowest BCUT2D eigenvalue weighted by Crippen LogP contribution is -2.28. The van der Waals surface area contributed by atoms with Crippen molar-refractivity contribution >= 4 is 11.8 Å². The van der Waals surface area contributed by atoms with Gasteiger partial charge in [0.15, 0.2) is 11.6 Å². The minimum atomic E-state index is -1.14. The third-order valence-electron chi connectivity index (χ3n) is 2.99. The molecule has 1 saturated carbocycles. The highest BCUT2D eigenvalue weighted by molar-refractivity contribution is 5.85. The summed E-state index contributed by atoms with van der Waals surface area (Å²) >= 11 is 0. The Hall–Kier alpha value is -1.85. The van der Waals surface area contributed by atoms with Crippen LogP contribution in [0.2, 0.25) is 0 Å². The van der Waals surface area contributed by atoms with Gasteiger partial charge in [-0.15, -0.1) is 0 Å². The van der Waals surface area contributed by atoms with Crippen LogP contribution < -0.4 is 10.1 Å². The van der Waals surface area contributed by atoms with Gasteiger partial charge in [0.1, 0.15) is 11.4 Å². The van der Waals surface area contributed by atoms with Crippen LogP contribution in [0.5, 0.6) is 5.75 Å². The number of nitrogens with one attached hydrogen (secondary N) is 1. The molecule has 1 N–H and O–H groups in total. The maximum atomic E-state index is 13.7. The van der Waals surface area contributed by atoms with Crippen molar-refractivity contribution in [1.82, 2.24) is 0 Å². The van der Waals surface area contributed by atoms with Crippen molar-refractivity contribution < 1.29 is 23.0 Å². The number of amides is 1. The maximum Gasteiger partial charge on any atom is 0.412 e. The van der Waals surface area contributed by atoms with Gasteiger partial charge in [0, 0.05) is 12.1 Å². The first-order valence-corrected chi connectivity index (χ1v) is 6.90. The number of rotatable bonds is 3. The first-order valence-electron chi connectivity index (χ1n) is 6.90. The number of benzene rings is 1. The Morgan fingerprint density at radius 2 is 1.95 bits per heavy atom. The van der Waals surface area contributed by atoms with Crippen LogP contribution in [-0.4, -0.2) is 17.8 Å². The third-order valence-corrected chi connectivity index (χ3v) is 2.99. The first kappa shape index (κ1) is 15.5. The van der Waals surface area contributed by atoms with E-state index in [-0.39, 0.29) is 17.5 Å². The van der Waals surface area contributed by atoms with Crippen LogP contribution in [0.3, 0.4) is 0 Å². The molecular weight excluding hydrogens is 280 g/mol. The number of hydrogen-bond donors (Lipinski definition) is 1. The van der Waals surface area contributed by atoms with Crippen molar-refractivity contribution in [2.24, 2.45) is 0 Å². The van der Waals surface area contributed by atoms with Gasteiger partial charge in [-0.05, 0) is 40.0 Å². The predicted molar refractivity (Wildman–Crippen MR) is 74.5 cm³/mol.